The Kier molecular flexibility index (Phi) is 13.6. The van der Waals surface area contributed by atoms with Crippen LogP contribution in [0.3, 0.4) is 0 Å². The zero-order valence-electron chi connectivity index (χ0n) is 25.4. The monoisotopic (exact) mass is 639 g/mol. The van der Waals surface area contributed by atoms with Gasteiger partial charge in [-0.05, 0) is 42.7 Å². The van der Waals surface area contributed by atoms with Gasteiger partial charge in [0.25, 0.3) is 0 Å². The van der Waals surface area contributed by atoms with Crippen LogP contribution in [0.2, 0.25) is 0 Å². The highest BCUT2D eigenvalue weighted by Gasteiger charge is 2.38. The normalized spacial score (nSPS) is 11.3. The molecule has 3 aromatic carbocycles. The number of benzene rings is 3. The molecule has 0 unspecified atom stereocenters. The zero-order valence-corrected chi connectivity index (χ0v) is 25.4. The van der Waals surface area contributed by atoms with Crippen molar-refractivity contribution in [1.29, 1.82) is 0 Å². The van der Waals surface area contributed by atoms with Crippen molar-refractivity contribution in [1.82, 2.24) is 15.3 Å². The molecule has 13 heteroatoms. The molecule has 1 aromatic heterocycles. The van der Waals surface area contributed by atoms with Crippen LogP contribution in [-0.2, 0) is 22.4 Å². The summed E-state index contributed by atoms with van der Waals surface area (Å²) in [7, 11) is 1.67. The summed E-state index contributed by atoms with van der Waals surface area (Å²) in [4.78, 5) is 31.3. The molecule has 0 fully saturated rings. The van der Waals surface area contributed by atoms with Crippen molar-refractivity contribution < 1.29 is 37.3 Å². The molecular weight excluding hydrogens is 603 g/mol. The Morgan fingerprint density at radius 1 is 0.913 bits per heavy atom. The van der Waals surface area contributed by atoms with Crippen molar-refractivity contribution in [2.24, 2.45) is 0 Å². The van der Waals surface area contributed by atoms with E-state index in [0.717, 1.165) is 34.7 Å². The lowest BCUT2D eigenvalue weighted by atomic mass is 10.1. The maximum Gasteiger partial charge on any atom is 0.490 e. The van der Waals surface area contributed by atoms with Gasteiger partial charge in [0.2, 0.25) is 11.9 Å². The number of carbonyl (C=O) groups excluding carboxylic acids is 1. The lowest BCUT2D eigenvalue weighted by Crippen LogP contribution is -2.42. The SMILES string of the molecule is COc1ccccc1CCNc1nc(C)cc(N[C@@H](Cc2ccccc2)C(=O)NCCOc2ccccc2)n1.O=C(O)C(F)(F)F. The van der Waals surface area contributed by atoms with E-state index in [0.29, 0.717) is 37.9 Å². The Bertz CT molecular complexity index is 1530. The first-order chi connectivity index (χ1) is 22.0. The number of aryl methyl sites for hydroxylation is 1. The number of nitrogens with zero attached hydrogens (tertiary/aromatic N) is 2. The maximum atomic E-state index is 13.2. The van der Waals surface area contributed by atoms with Crippen LogP contribution in [-0.4, -0.2) is 66.0 Å². The van der Waals surface area contributed by atoms with E-state index in [9.17, 15) is 18.0 Å². The third kappa shape index (κ3) is 12.3. The Labute approximate surface area is 265 Å². The quantitative estimate of drug-likeness (QED) is 0.136. The van der Waals surface area contributed by atoms with Gasteiger partial charge < -0.3 is 30.5 Å². The van der Waals surface area contributed by atoms with Crippen LogP contribution in [0.4, 0.5) is 24.9 Å². The van der Waals surface area contributed by atoms with E-state index in [-0.39, 0.29) is 5.91 Å². The zero-order chi connectivity index (χ0) is 33.4. The number of alkyl halides is 3. The third-order valence-electron chi connectivity index (χ3n) is 6.30. The fourth-order valence-electron chi connectivity index (χ4n) is 4.16. The van der Waals surface area contributed by atoms with Crippen LogP contribution >= 0.6 is 0 Å². The van der Waals surface area contributed by atoms with E-state index < -0.39 is 18.2 Å². The van der Waals surface area contributed by atoms with Gasteiger partial charge >= 0.3 is 12.1 Å². The second-order valence-corrected chi connectivity index (χ2v) is 9.85. The van der Waals surface area contributed by atoms with Crippen LogP contribution in [0, 0.1) is 6.92 Å². The fraction of sp³-hybridized carbons (Fsp3) is 0.273. The number of aromatic nitrogens is 2. The van der Waals surface area contributed by atoms with E-state index >= 15 is 0 Å². The van der Waals surface area contributed by atoms with Crippen LogP contribution in [0.25, 0.3) is 0 Å². The van der Waals surface area contributed by atoms with Crippen molar-refractivity contribution in [2.45, 2.75) is 32.0 Å². The fourth-order valence-corrected chi connectivity index (χ4v) is 4.16. The average Bonchev–Trinajstić information content (AvgIpc) is 3.03. The number of methoxy groups -OCH3 is 1. The van der Waals surface area contributed by atoms with E-state index in [2.05, 4.69) is 25.9 Å². The molecule has 4 N–H and O–H groups in total. The number of rotatable bonds is 14. The van der Waals surface area contributed by atoms with Gasteiger partial charge in [-0.25, -0.2) is 9.78 Å². The van der Waals surface area contributed by atoms with Crippen molar-refractivity contribution in [2.75, 3.05) is 37.4 Å². The van der Waals surface area contributed by atoms with Crippen molar-refractivity contribution in [3.63, 3.8) is 0 Å². The summed E-state index contributed by atoms with van der Waals surface area (Å²) in [5, 5.41) is 16.7. The molecule has 0 aliphatic heterocycles. The molecule has 4 rings (SSSR count). The number of carboxylic acid groups (broad SMARTS) is 1. The minimum Gasteiger partial charge on any atom is -0.496 e. The molecular formula is C33H36F3N5O5. The third-order valence-corrected chi connectivity index (χ3v) is 6.30. The van der Waals surface area contributed by atoms with Crippen LogP contribution in [0.15, 0.2) is 91.0 Å². The molecule has 0 spiro atoms. The van der Waals surface area contributed by atoms with Crippen molar-refractivity contribution in [3.05, 3.63) is 108 Å². The summed E-state index contributed by atoms with van der Waals surface area (Å²) >= 11 is 0. The minimum absolute atomic E-state index is 0.127. The molecule has 0 saturated carbocycles. The first kappa shape index (κ1) is 35.2. The lowest BCUT2D eigenvalue weighted by molar-refractivity contribution is -0.192. The molecule has 1 amide bonds. The predicted molar refractivity (Wildman–Crippen MR) is 168 cm³/mol. The summed E-state index contributed by atoms with van der Waals surface area (Å²) in [5.41, 5.74) is 2.95. The number of nitrogens with one attached hydrogen (secondary N) is 3. The van der Waals surface area contributed by atoms with E-state index in [1.807, 2.05) is 97.9 Å². The molecule has 0 aliphatic rings. The van der Waals surface area contributed by atoms with Crippen LogP contribution in [0.1, 0.15) is 16.8 Å². The Morgan fingerprint density at radius 3 is 2.20 bits per heavy atom. The highest BCUT2D eigenvalue weighted by atomic mass is 19.4. The molecule has 46 heavy (non-hydrogen) atoms. The van der Waals surface area contributed by atoms with Gasteiger partial charge in [-0.15, -0.1) is 0 Å². The van der Waals surface area contributed by atoms with E-state index in [1.165, 1.54) is 0 Å². The summed E-state index contributed by atoms with van der Waals surface area (Å²) < 4.78 is 42.9. The second kappa shape index (κ2) is 17.8. The standard InChI is InChI=1S/C31H35N5O3.C2HF3O2/c1-23-21-29(36-31(34-23)33-18-17-25-13-9-10-16-28(25)38-2)35-27(22-24-11-5-3-6-12-24)30(37)32-19-20-39-26-14-7-4-8-15-26;3-2(4,5)1(6)7/h3-16,21,27H,17-20,22H2,1-2H3,(H,32,37)(H2,33,34,35,36);(H,6,7)/t27-;/m0./s1. The van der Waals surface area contributed by atoms with Gasteiger partial charge in [-0.3, -0.25) is 4.79 Å². The summed E-state index contributed by atoms with van der Waals surface area (Å²) in [6.45, 7) is 3.31. The molecule has 0 bridgehead atoms. The minimum atomic E-state index is -5.08. The number of hydrogen-bond donors (Lipinski definition) is 4. The van der Waals surface area contributed by atoms with Crippen LogP contribution < -0.4 is 25.4 Å². The summed E-state index contributed by atoms with van der Waals surface area (Å²) in [6.07, 6.45) is -3.82. The highest BCUT2D eigenvalue weighted by molar-refractivity contribution is 5.84. The Morgan fingerprint density at radius 2 is 1.54 bits per heavy atom. The molecule has 1 heterocycles. The first-order valence-corrected chi connectivity index (χ1v) is 14.3. The summed E-state index contributed by atoms with van der Waals surface area (Å²) in [6, 6.07) is 28.7. The number of para-hydroxylation sites is 2. The molecule has 244 valence electrons. The van der Waals surface area contributed by atoms with Gasteiger partial charge in [-0.2, -0.15) is 18.2 Å². The van der Waals surface area contributed by atoms with E-state index in [1.54, 1.807) is 7.11 Å². The smallest absolute Gasteiger partial charge is 0.490 e. The number of hydrogen-bond acceptors (Lipinski definition) is 8. The number of ether oxygens (including phenoxy) is 2. The largest absolute Gasteiger partial charge is 0.496 e. The molecule has 0 aliphatic carbocycles. The Balaban J connectivity index is 0.000000738. The van der Waals surface area contributed by atoms with E-state index in [4.69, 9.17) is 19.4 Å². The summed E-state index contributed by atoms with van der Waals surface area (Å²) in [5.74, 6) is -0.171. The van der Waals surface area contributed by atoms with Crippen molar-refractivity contribution in [3.8, 4) is 11.5 Å². The second-order valence-electron chi connectivity index (χ2n) is 9.85. The van der Waals surface area contributed by atoms with Crippen LogP contribution in [0.5, 0.6) is 11.5 Å². The average molecular weight is 640 g/mol. The van der Waals surface area contributed by atoms with Gasteiger partial charge in [0, 0.05) is 24.7 Å². The first-order valence-electron chi connectivity index (χ1n) is 14.3. The lowest BCUT2D eigenvalue weighted by Gasteiger charge is -2.20. The maximum absolute atomic E-state index is 13.2. The molecule has 4 aromatic rings. The molecule has 10 nitrogen and oxygen atoms in total. The van der Waals surface area contributed by atoms with Crippen molar-refractivity contribution >= 4 is 23.6 Å². The van der Waals surface area contributed by atoms with Gasteiger partial charge in [0.15, 0.2) is 0 Å². The number of aliphatic carboxylic acids is 1. The molecule has 1 atom stereocenters. The number of anilines is 2. The topological polar surface area (TPSA) is 135 Å². The van der Waals surface area contributed by atoms with Gasteiger partial charge in [0.1, 0.15) is 30.0 Å². The number of carboxylic acids is 1. The number of carbonyl (C=O) groups is 2. The number of halogens is 3. The van der Waals surface area contributed by atoms with Gasteiger partial charge in [-0.1, -0.05) is 66.7 Å². The highest BCUT2D eigenvalue weighted by Crippen LogP contribution is 2.19. The Hall–Kier alpha value is -5.33. The number of amides is 1. The molecule has 0 radical (unpaired) electrons. The predicted octanol–water partition coefficient (Wildman–Crippen LogP) is 5.30. The molecule has 0 saturated heterocycles. The van der Waals surface area contributed by atoms with Gasteiger partial charge in [0.05, 0.1) is 13.7 Å².